The molecule has 12 atom stereocenters. The molecule has 0 spiro atoms. The van der Waals surface area contributed by atoms with Crippen LogP contribution in [0.15, 0.2) is 0 Å². The van der Waals surface area contributed by atoms with Crippen molar-refractivity contribution in [2.45, 2.75) is 51.4 Å². The van der Waals surface area contributed by atoms with Crippen molar-refractivity contribution in [3.63, 3.8) is 0 Å². The first kappa shape index (κ1) is 17.7. The monoisotopic (exact) mass is 374 g/mol. The van der Waals surface area contributed by atoms with Gasteiger partial charge in [0.25, 0.3) is 0 Å². The van der Waals surface area contributed by atoms with Crippen LogP contribution in [0.1, 0.15) is 51.4 Å². The smallest absolute Gasteiger partial charge is 0.0497 e. The first-order valence-electron chi connectivity index (χ1n) is 12.1. The molecule has 0 amide bonds. The maximum Gasteiger partial charge on any atom is 0.0497 e. The molecule has 6 rings (SSSR count). The van der Waals surface area contributed by atoms with Crippen molar-refractivity contribution in [3.05, 3.63) is 0 Å². The highest BCUT2D eigenvalue weighted by Gasteiger charge is 2.58. The van der Waals surface area contributed by atoms with Crippen LogP contribution < -0.4 is 0 Å². The van der Waals surface area contributed by atoms with Gasteiger partial charge in [-0.2, -0.15) is 0 Å². The van der Waals surface area contributed by atoms with Crippen LogP contribution in [0.25, 0.3) is 0 Å². The van der Waals surface area contributed by atoms with Gasteiger partial charge in [0.2, 0.25) is 0 Å². The Morgan fingerprint density at radius 1 is 0.556 bits per heavy atom. The van der Waals surface area contributed by atoms with E-state index < -0.39 is 0 Å². The summed E-state index contributed by atoms with van der Waals surface area (Å²) in [5.41, 5.74) is 0. The van der Waals surface area contributed by atoms with Gasteiger partial charge in [-0.1, -0.05) is 0 Å². The van der Waals surface area contributed by atoms with Gasteiger partial charge in [0.1, 0.15) is 0 Å². The van der Waals surface area contributed by atoms with Crippen LogP contribution in [-0.4, -0.2) is 36.6 Å². The highest BCUT2D eigenvalue weighted by Crippen LogP contribution is 2.64. The molecular weight excluding hydrogens is 336 g/mol. The molecule has 3 nitrogen and oxygen atoms in total. The largest absolute Gasteiger partial charge is 0.396 e. The number of fused-ring (bicyclic) bond motifs is 10. The molecular formula is C24H38O3. The zero-order chi connectivity index (χ0) is 18.1. The van der Waals surface area contributed by atoms with Crippen molar-refractivity contribution in [2.75, 3.05) is 26.4 Å². The van der Waals surface area contributed by atoms with Gasteiger partial charge in [-0.25, -0.2) is 0 Å². The van der Waals surface area contributed by atoms with Gasteiger partial charge in [-0.15, -0.1) is 0 Å². The van der Waals surface area contributed by atoms with E-state index in [1.54, 1.807) is 0 Å². The second-order valence-electron chi connectivity index (χ2n) is 11.4. The summed E-state index contributed by atoms with van der Waals surface area (Å²) in [5, 5.41) is 19.4. The summed E-state index contributed by atoms with van der Waals surface area (Å²) in [4.78, 5) is 0. The van der Waals surface area contributed by atoms with Gasteiger partial charge in [-0.05, 0) is 122 Å². The van der Waals surface area contributed by atoms with Gasteiger partial charge >= 0.3 is 0 Å². The van der Waals surface area contributed by atoms with E-state index >= 15 is 0 Å². The summed E-state index contributed by atoms with van der Waals surface area (Å²) in [7, 11) is 0. The molecule has 6 aliphatic rings. The molecule has 0 aromatic rings. The van der Waals surface area contributed by atoms with E-state index in [2.05, 4.69) is 0 Å². The quantitative estimate of drug-likeness (QED) is 0.747. The Kier molecular flexibility index (Phi) is 4.40. The third kappa shape index (κ3) is 2.56. The molecule has 0 aromatic heterocycles. The maximum absolute atomic E-state index is 9.78. The zero-order valence-electron chi connectivity index (χ0n) is 16.7. The average Bonchev–Trinajstić information content (AvgIpc) is 3.48. The highest BCUT2D eigenvalue weighted by atomic mass is 16.5. The molecule has 152 valence electrons. The number of hydrogen-bond donors (Lipinski definition) is 2. The predicted octanol–water partition coefficient (Wildman–Crippen LogP) is 3.58. The standard InChI is InChI=1S/C24H38O3/c25-9-13-1-3-19-15-5-18(22(7-15)24(13)19)12-27-11-14-2-4-20-21-8-16(23(14)20)6-17(21)10-26/h13-26H,1-12H2. The number of hydrogen-bond acceptors (Lipinski definition) is 3. The molecule has 27 heavy (non-hydrogen) atoms. The van der Waals surface area contributed by atoms with Crippen molar-refractivity contribution >= 4 is 0 Å². The van der Waals surface area contributed by atoms with Crippen LogP contribution in [0.4, 0.5) is 0 Å². The second kappa shape index (κ2) is 6.71. The van der Waals surface area contributed by atoms with Crippen molar-refractivity contribution in [1.29, 1.82) is 0 Å². The minimum atomic E-state index is 0.417. The van der Waals surface area contributed by atoms with E-state index in [1.807, 2.05) is 0 Å². The first-order valence-corrected chi connectivity index (χ1v) is 12.1. The molecule has 0 heterocycles. The minimum Gasteiger partial charge on any atom is -0.396 e. The summed E-state index contributed by atoms with van der Waals surface area (Å²) in [5.74, 6) is 9.87. The molecule has 0 radical (unpaired) electrons. The summed E-state index contributed by atoms with van der Waals surface area (Å²) in [6.45, 7) is 2.83. The SMILES string of the molecule is OCC1CC2CC1C1CCC(COCC3CC4CC3C3C(CO)CCC43)C21. The number of aliphatic hydroxyl groups is 2. The van der Waals surface area contributed by atoms with Crippen LogP contribution in [-0.2, 0) is 4.74 Å². The average molecular weight is 375 g/mol. The third-order valence-electron chi connectivity index (χ3n) is 10.7. The highest BCUT2D eigenvalue weighted by molar-refractivity contribution is 5.07. The van der Waals surface area contributed by atoms with Crippen molar-refractivity contribution < 1.29 is 14.9 Å². The lowest BCUT2D eigenvalue weighted by molar-refractivity contribution is 0.0102. The van der Waals surface area contributed by atoms with Gasteiger partial charge in [0.05, 0.1) is 0 Å². The molecule has 0 aliphatic heterocycles. The molecule has 3 heteroatoms. The van der Waals surface area contributed by atoms with E-state index in [-0.39, 0.29) is 0 Å². The molecule has 6 fully saturated rings. The van der Waals surface area contributed by atoms with E-state index in [1.165, 1.54) is 51.4 Å². The van der Waals surface area contributed by atoms with E-state index in [4.69, 9.17) is 4.74 Å². The Labute approximate surface area is 164 Å². The van der Waals surface area contributed by atoms with E-state index in [0.717, 1.165) is 72.4 Å². The fourth-order valence-electron chi connectivity index (χ4n) is 9.98. The van der Waals surface area contributed by atoms with Crippen molar-refractivity contribution in [3.8, 4) is 0 Å². The van der Waals surface area contributed by atoms with E-state index in [9.17, 15) is 10.2 Å². The summed E-state index contributed by atoms with van der Waals surface area (Å²) >= 11 is 0. The Morgan fingerprint density at radius 2 is 1.26 bits per heavy atom. The molecule has 6 saturated carbocycles. The van der Waals surface area contributed by atoms with Crippen molar-refractivity contribution in [1.82, 2.24) is 0 Å². The Bertz CT molecular complexity index is 562. The minimum absolute atomic E-state index is 0.417. The van der Waals surface area contributed by atoms with Crippen LogP contribution in [0, 0.1) is 71.0 Å². The van der Waals surface area contributed by atoms with Crippen LogP contribution >= 0.6 is 0 Å². The zero-order valence-corrected chi connectivity index (χ0v) is 16.7. The molecule has 2 N–H and O–H groups in total. The van der Waals surface area contributed by atoms with Crippen molar-refractivity contribution in [2.24, 2.45) is 71.0 Å². The maximum atomic E-state index is 9.78. The van der Waals surface area contributed by atoms with Crippen LogP contribution in [0.2, 0.25) is 0 Å². The second-order valence-corrected chi connectivity index (χ2v) is 11.4. The lowest BCUT2D eigenvalue weighted by Gasteiger charge is -2.35. The lowest BCUT2D eigenvalue weighted by Crippen LogP contribution is -2.33. The molecule has 4 bridgehead atoms. The molecule has 0 aromatic carbocycles. The number of rotatable bonds is 6. The fourth-order valence-corrected chi connectivity index (χ4v) is 9.98. The fraction of sp³-hybridized carbons (Fsp3) is 1.00. The normalized spacial score (nSPS) is 57.6. The Hall–Kier alpha value is -0.120. The molecule has 6 aliphatic carbocycles. The number of ether oxygens (including phenoxy) is 1. The molecule has 12 unspecified atom stereocenters. The van der Waals surface area contributed by atoms with Gasteiger partial charge in [0.15, 0.2) is 0 Å². The van der Waals surface area contributed by atoms with Crippen LogP contribution in [0.5, 0.6) is 0 Å². The van der Waals surface area contributed by atoms with Crippen LogP contribution in [0.3, 0.4) is 0 Å². The summed E-state index contributed by atoms with van der Waals surface area (Å²) in [6, 6.07) is 0. The molecule has 0 saturated heterocycles. The topological polar surface area (TPSA) is 49.7 Å². The van der Waals surface area contributed by atoms with Gasteiger partial charge in [-0.3, -0.25) is 0 Å². The Balaban J connectivity index is 1.03. The van der Waals surface area contributed by atoms with Gasteiger partial charge < -0.3 is 14.9 Å². The first-order chi connectivity index (χ1) is 13.3. The van der Waals surface area contributed by atoms with Gasteiger partial charge in [0, 0.05) is 26.4 Å². The summed E-state index contributed by atoms with van der Waals surface area (Å²) < 4.78 is 6.43. The van der Waals surface area contributed by atoms with E-state index in [0.29, 0.717) is 25.0 Å². The summed E-state index contributed by atoms with van der Waals surface area (Å²) in [6.07, 6.45) is 10.9. The lowest BCUT2D eigenvalue weighted by atomic mass is 9.73. The predicted molar refractivity (Wildman–Crippen MR) is 104 cm³/mol. The Morgan fingerprint density at radius 3 is 2.11 bits per heavy atom. The third-order valence-corrected chi connectivity index (χ3v) is 10.7. The number of aliphatic hydroxyl groups excluding tert-OH is 2.